The van der Waals surface area contributed by atoms with Crippen molar-refractivity contribution in [1.29, 1.82) is 0 Å². The number of hydrogen-bond acceptors (Lipinski definition) is 1. The minimum atomic E-state index is -0.503. The second-order valence-electron chi connectivity index (χ2n) is 4.94. The molecular formula is C14H19F2N. The highest BCUT2D eigenvalue weighted by atomic mass is 19.1. The van der Waals surface area contributed by atoms with Crippen molar-refractivity contribution in [3.05, 3.63) is 35.4 Å². The third kappa shape index (κ3) is 4.08. The number of halogens is 2. The van der Waals surface area contributed by atoms with Gasteiger partial charge in [-0.2, -0.15) is 0 Å². The van der Waals surface area contributed by atoms with Crippen LogP contribution < -0.4 is 5.32 Å². The van der Waals surface area contributed by atoms with Gasteiger partial charge in [0.05, 0.1) is 0 Å². The lowest BCUT2D eigenvalue weighted by atomic mass is 10.1. The molecule has 0 amide bonds. The number of benzene rings is 1. The van der Waals surface area contributed by atoms with E-state index in [1.807, 2.05) is 0 Å². The maximum Gasteiger partial charge on any atom is 0.126 e. The van der Waals surface area contributed by atoms with Gasteiger partial charge in [0.1, 0.15) is 11.6 Å². The molecule has 1 aromatic carbocycles. The Bertz CT molecular complexity index is 354. The largest absolute Gasteiger partial charge is 0.310 e. The Balaban J connectivity index is 1.86. The van der Waals surface area contributed by atoms with Crippen LogP contribution >= 0.6 is 0 Å². The van der Waals surface area contributed by atoms with E-state index < -0.39 is 11.6 Å². The van der Waals surface area contributed by atoms with E-state index in [1.54, 1.807) is 0 Å². The molecule has 17 heavy (non-hydrogen) atoms. The van der Waals surface area contributed by atoms with Gasteiger partial charge in [0, 0.05) is 18.7 Å². The Morgan fingerprint density at radius 2 is 1.88 bits per heavy atom. The summed E-state index contributed by atoms with van der Waals surface area (Å²) in [6.07, 6.45) is 4.93. The van der Waals surface area contributed by atoms with E-state index in [2.05, 4.69) is 12.2 Å². The summed E-state index contributed by atoms with van der Waals surface area (Å²) in [7, 11) is 0. The lowest BCUT2D eigenvalue weighted by Gasteiger charge is -2.16. The molecule has 1 atom stereocenters. The van der Waals surface area contributed by atoms with Gasteiger partial charge in [0.2, 0.25) is 0 Å². The molecule has 3 heteroatoms. The first-order valence-electron chi connectivity index (χ1n) is 6.35. The lowest BCUT2D eigenvalue weighted by Crippen LogP contribution is -2.28. The number of rotatable bonds is 6. The predicted molar refractivity (Wildman–Crippen MR) is 64.6 cm³/mol. The minimum absolute atomic E-state index is 0.467. The Kier molecular flexibility index (Phi) is 4.11. The first-order valence-corrected chi connectivity index (χ1v) is 6.35. The van der Waals surface area contributed by atoms with E-state index >= 15 is 0 Å². The summed E-state index contributed by atoms with van der Waals surface area (Å²) in [5, 5.41) is 3.38. The molecule has 2 rings (SSSR count). The fraction of sp³-hybridized carbons (Fsp3) is 0.571. The molecule has 1 aliphatic carbocycles. The highest BCUT2D eigenvalue weighted by Gasteiger charge is 2.24. The zero-order valence-corrected chi connectivity index (χ0v) is 10.2. The molecule has 0 aliphatic heterocycles. The van der Waals surface area contributed by atoms with Crippen molar-refractivity contribution >= 4 is 0 Å². The first-order chi connectivity index (χ1) is 8.17. The van der Waals surface area contributed by atoms with Crippen LogP contribution in [0.25, 0.3) is 0 Å². The quantitative estimate of drug-likeness (QED) is 0.799. The lowest BCUT2D eigenvalue weighted by molar-refractivity contribution is 0.443. The molecular weight excluding hydrogens is 220 g/mol. The van der Waals surface area contributed by atoms with E-state index in [1.165, 1.54) is 31.4 Å². The molecule has 1 fully saturated rings. The summed E-state index contributed by atoms with van der Waals surface area (Å²) < 4.78 is 26.0. The van der Waals surface area contributed by atoms with Crippen LogP contribution in [0, 0.1) is 17.6 Å². The van der Waals surface area contributed by atoms with E-state index in [0.717, 1.165) is 18.4 Å². The van der Waals surface area contributed by atoms with Crippen LogP contribution in [0.2, 0.25) is 0 Å². The molecule has 1 N–H and O–H groups in total. The normalized spacial score (nSPS) is 17.1. The smallest absolute Gasteiger partial charge is 0.126 e. The molecule has 0 bridgehead atoms. The maximum atomic E-state index is 13.0. The van der Waals surface area contributed by atoms with E-state index in [0.29, 0.717) is 18.2 Å². The summed E-state index contributed by atoms with van der Waals surface area (Å²) in [4.78, 5) is 0. The van der Waals surface area contributed by atoms with Gasteiger partial charge in [-0.15, -0.1) is 0 Å². The second-order valence-corrected chi connectivity index (χ2v) is 4.94. The predicted octanol–water partition coefficient (Wildman–Crippen LogP) is 3.63. The molecule has 0 radical (unpaired) electrons. The maximum absolute atomic E-state index is 13.0. The SMILES string of the molecule is CCC(CC1CC1)NCc1cc(F)cc(F)c1. The third-order valence-electron chi connectivity index (χ3n) is 3.32. The summed E-state index contributed by atoms with van der Waals surface area (Å²) in [6.45, 7) is 2.69. The minimum Gasteiger partial charge on any atom is -0.310 e. The average Bonchev–Trinajstić information content (AvgIpc) is 3.06. The van der Waals surface area contributed by atoms with Crippen molar-refractivity contribution < 1.29 is 8.78 Å². The van der Waals surface area contributed by atoms with Gasteiger partial charge in [-0.05, 0) is 36.5 Å². The van der Waals surface area contributed by atoms with E-state index in [4.69, 9.17) is 0 Å². The molecule has 0 aromatic heterocycles. The number of hydrogen-bond donors (Lipinski definition) is 1. The fourth-order valence-corrected chi connectivity index (χ4v) is 2.13. The first kappa shape index (κ1) is 12.5. The van der Waals surface area contributed by atoms with Gasteiger partial charge in [-0.3, -0.25) is 0 Å². The monoisotopic (exact) mass is 239 g/mol. The molecule has 1 aromatic rings. The van der Waals surface area contributed by atoms with Crippen LogP contribution in [-0.2, 0) is 6.54 Å². The summed E-state index contributed by atoms with van der Waals surface area (Å²) >= 11 is 0. The van der Waals surface area contributed by atoms with Gasteiger partial charge in [0.15, 0.2) is 0 Å². The third-order valence-corrected chi connectivity index (χ3v) is 3.32. The summed E-state index contributed by atoms with van der Waals surface area (Å²) in [6, 6.07) is 4.15. The van der Waals surface area contributed by atoms with Gasteiger partial charge in [-0.25, -0.2) is 8.78 Å². The number of nitrogens with one attached hydrogen (secondary N) is 1. The average molecular weight is 239 g/mol. The Hall–Kier alpha value is -0.960. The van der Waals surface area contributed by atoms with Crippen molar-refractivity contribution in [3.8, 4) is 0 Å². The molecule has 0 heterocycles. The van der Waals surface area contributed by atoms with Gasteiger partial charge in [0.25, 0.3) is 0 Å². The van der Waals surface area contributed by atoms with E-state index in [-0.39, 0.29) is 0 Å². The molecule has 1 nitrogen and oxygen atoms in total. The van der Waals surface area contributed by atoms with Crippen molar-refractivity contribution in [3.63, 3.8) is 0 Å². The van der Waals surface area contributed by atoms with Gasteiger partial charge < -0.3 is 5.32 Å². The standard InChI is InChI=1S/C14H19F2N/c1-2-14(7-10-3-4-10)17-9-11-5-12(15)8-13(16)6-11/h5-6,8,10,14,17H,2-4,7,9H2,1H3. The van der Waals surface area contributed by atoms with Crippen molar-refractivity contribution in [2.24, 2.45) is 5.92 Å². The zero-order chi connectivity index (χ0) is 12.3. The highest BCUT2D eigenvalue weighted by Crippen LogP contribution is 2.34. The molecule has 1 aliphatic rings. The molecule has 1 unspecified atom stereocenters. The van der Waals surface area contributed by atoms with Gasteiger partial charge in [-0.1, -0.05) is 19.8 Å². The van der Waals surface area contributed by atoms with Crippen LogP contribution in [0.4, 0.5) is 8.78 Å². The molecule has 94 valence electrons. The Morgan fingerprint density at radius 3 is 2.41 bits per heavy atom. The topological polar surface area (TPSA) is 12.0 Å². The van der Waals surface area contributed by atoms with Crippen LogP contribution in [0.15, 0.2) is 18.2 Å². The van der Waals surface area contributed by atoms with E-state index in [9.17, 15) is 8.78 Å². The van der Waals surface area contributed by atoms with Crippen molar-refractivity contribution in [2.45, 2.75) is 45.2 Å². The zero-order valence-electron chi connectivity index (χ0n) is 10.2. The van der Waals surface area contributed by atoms with Crippen LogP contribution in [0.5, 0.6) is 0 Å². The van der Waals surface area contributed by atoms with Crippen LogP contribution in [0.1, 0.15) is 38.2 Å². The second kappa shape index (κ2) is 5.58. The highest BCUT2D eigenvalue weighted by molar-refractivity contribution is 5.17. The van der Waals surface area contributed by atoms with Crippen molar-refractivity contribution in [1.82, 2.24) is 5.32 Å². The van der Waals surface area contributed by atoms with Crippen molar-refractivity contribution in [2.75, 3.05) is 0 Å². The van der Waals surface area contributed by atoms with Crippen LogP contribution in [-0.4, -0.2) is 6.04 Å². The summed E-state index contributed by atoms with van der Waals surface area (Å²) in [5.74, 6) is -0.134. The Labute approximate surface area is 101 Å². The molecule has 0 saturated heterocycles. The fourth-order valence-electron chi connectivity index (χ4n) is 2.13. The molecule has 1 saturated carbocycles. The van der Waals surface area contributed by atoms with Gasteiger partial charge >= 0.3 is 0 Å². The molecule has 0 spiro atoms. The Morgan fingerprint density at radius 1 is 1.24 bits per heavy atom. The van der Waals surface area contributed by atoms with Crippen LogP contribution in [0.3, 0.4) is 0 Å². The summed E-state index contributed by atoms with van der Waals surface area (Å²) in [5.41, 5.74) is 0.678.